The van der Waals surface area contributed by atoms with Gasteiger partial charge in [-0.1, -0.05) is 97.9 Å². The molecule has 0 aliphatic heterocycles. The van der Waals surface area contributed by atoms with Crippen LogP contribution in [-0.2, 0) is 6.61 Å². The molecular weight excluding hydrogens is 378 g/mol. The van der Waals surface area contributed by atoms with Crippen LogP contribution in [0.25, 0.3) is 0 Å². The summed E-state index contributed by atoms with van der Waals surface area (Å²) in [7, 11) is 0. The first-order chi connectivity index (χ1) is 15.3. The largest absolute Gasteiger partial charge is 0.489 e. The van der Waals surface area contributed by atoms with Gasteiger partial charge in [0.2, 0.25) is 0 Å². The molecule has 0 heterocycles. The van der Waals surface area contributed by atoms with E-state index in [9.17, 15) is 0 Å². The minimum absolute atomic E-state index is 0.0533. The molecule has 0 aromatic heterocycles. The fourth-order valence-electron chi connectivity index (χ4n) is 3.65. The summed E-state index contributed by atoms with van der Waals surface area (Å²) in [6.45, 7) is 2.81. The van der Waals surface area contributed by atoms with Crippen LogP contribution in [0, 0.1) is 0 Å². The molecule has 0 spiro atoms. The van der Waals surface area contributed by atoms with Crippen molar-refractivity contribution in [3.8, 4) is 5.75 Å². The molecule has 2 atom stereocenters. The first-order valence-corrected chi connectivity index (χ1v) is 10.7. The van der Waals surface area contributed by atoms with Gasteiger partial charge >= 0.3 is 0 Å². The second kappa shape index (κ2) is 10.4. The molecule has 0 fully saturated rings. The summed E-state index contributed by atoms with van der Waals surface area (Å²) < 4.78 is 5.89. The van der Waals surface area contributed by atoms with Crippen LogP contribution in [0.5, 0.6) is 5.75 Å². The number of aliphatic imine (C=N–C) groups is 1. The molecule has 31 heavy (non-hydrogen) atoms. The molecule has 154 valence electrons. The maximum Gasteiger partial charge on any atom is 0.119 e. The molecule has 0 aliphatic rings. The zero-order chi connectivity index (χ0) is 21.3. The Labute approximate surface area is 184 Å². The standard InChI is InChI=1S/C29H27NO/c1-23(26-13-7-3-8-14-26)29(27-15-9-4-10-16-27)30-21-24-17-19-28(20-18-24)31-22-25-11-5-2-6-12-25/h2-21,23,29H,22H2,1H3. The molecule has 0 aliphatic carbocycles. The average molecular weight is 406 g/mol. The molecule has 0 N–H and O–H groups in total. The van der Waals surface area contributed by atoms with Crippen molar-refractivity contribution in [2.75, 3.05) is 0 Å². The normalized spacial score (nSPS) is 13.1. The highest BCUT2D eigenvalue weighted by Gasteiger charge is 2.19. The summed E-state index contributed by atoms with van der Waals surface area (Å²) >= 11 is 0. The Kier molecular flexibility index (Phi) is 6.92. The van der Waals surface area contributed by atoms with E-state index in [0.717, 1.165) is 16.9 Å². The molecule has 4 rings (SSSR count). The van der Waals surface area contributed by atoms with Gasteiger partial charge in [0.15, 0.2) is 0 Å². The van der Waals surface area contributed by atoms with Crippen molar-refractivity contribution in [2.24, 2.45) is 4.99 Å². The van der Waals surface area contributed by atoms with Crippen LogP contribution >= 0.6 is 0 Å². The lowest BCUT2D eigenvalue weighted by Gasteiger charge is -2.21. The van der Waals surface area contributed by atoms with Gasteiger partial charge in [-0.2, -0.15) is 0 Å². The molecule has 0 saturated heterocycles. The van der Waals surface area contributed by atoms with Gasteiger partial charge in [-0.25, -0.2) is 0 Å². The maximum atomic E-state index is 5.89. The van der Waals surface area contributed by atoms with Crippen molar-refractivity contribution in [1.29, 1.82) is 0 Å². The lowest BCUT2D eigenvalue weighted by Crippen LogP contribution is -2.07. The molecule has 4 aromatic carbocycles. The van der Waals surface area contributed by atoms with E-state index in [1.807, 2.05) is 42.6 Å². The van der Waals surface area contributed by atoms with Gasteiger partial charge in [0.25, 0.3) is 0 Å². The predicted octanol–water partition coefficient (Wildman–Crippen LogP) is 7.23. The van der Waals surface area contributed by atoms with E-state index in [1.54, 1.807) is 0 Å². The molecule has 0 radical (unpaired) electrons. The lowest BCUT2D eigenvalue weighted by atomic mass is 9.89. The highest BCUT2D eigenvalue weighted by molar-refractivity contribution is 5.80. The zero-order valence-corrected chi connectivity index (χ0v) is 17.8. The number of hydrogen-bond donors (Lipinski definition) is 0. The Hall–Kier alpha value is -3.65. The third-order valence-electron chi connectivity index (χ3n) is 5.45. The summed E-state index contributed by atoms with van der Waals surface area (Å²) in [5, 5.41) is 0. The van der Waals surface area contributed by atoms with Crippen molar-refractivity contribution in [2.45, 2.75) is 25.5 Å². The highest BCUT2D eigenvalue weighted by atomic mass is 16.5. The number of nitrogens with zero attached hydrogens (tertiary/aromatic N) is 1. The Morgan fingerprint density at radius 1 is 0.677 bits per heavy atom. The van der Waals surface area contributed by atoms with Crippen molar-refractivity contribution < 1.29 is 4.74 Å². The smallest absolute Gasteiger partial charge is 0.119 e. The summed E-state index contributed by atoms with van der Waals surface area (Å²) in [4.78, 5) is 5.00. The summed E-state index contributed by atoms with van der Waals surface area (Å²) in [5.74, 6) is 1.13. The van der Waals surface area contributed by atoms with Gasteiger partial charge in [0.1, 0.15) is 12.4 Å². The maximum absolute atomic E-state index is 5.89. The molecular formula is C29H27NO. The first-order valence-electron chi connectivity index (χ1n) is 10.7. The molecule has 2 heteroatoms. The van der Waals surface area contributed by atoms with Crippen LogP contribution in [-0.4, -0.2) is 6.21 Å². The van der Waals surface area contributed by atoms with Crippen molar-refractivity contribution in [1.82, 2.24) is 0 Å². The van der Waals surface area contributed by atoms with Crippen LogP contribution in [0.3, 0.4) is 0 Å². The summed E-state index contributed by atoms with van der Waals surface area (Å²) in [5.41, 5.74) is 4.73. The topological polar surface area (TPSA) is 21.6 Å². The van der Waals surface area contributed by atoms with E-state index in [0.29, 0.717) is 6.61 Å². The van der Waals surface area contributed by atoms with E-state index in [1.165, 1.54) is 11.1 Å². The van der Waals surface area contributed by atoms with Gasteiger partial charge in [-0.05, 0) is 46.5 Å². The van der Waals surface area contributed by atoms with Gasteiger partial charge in [0.05, 0.1) is 6.04 Å². The summed E-state index contributed by atoms with van der Waals surface area (Å²) in [6.07, 6.45) is 1.97. The first kappa shape index (κ1) is 20.6. The van der Waals surface area contributed by atoms with Crippen LogP contribution < -0.4 is 4.74 Å². The van der Waals surface area contributed by atoms with E-state index in [4.69, 9.17) is 9.73 Å². The SMILES string of the molecule is CC(c1ccccc1)C(N=Cc1ccc(OCc2ccccc2)cc1)c1ccccc1. The number of hydrogen-bond acceptors (Lipinski definition) is 2. The van der Waals surface area contributed by atoms with Crippen LogP contribution in [0.2, 0.25) is 0 Å². The Morgan fingerprint density at radius 2 is 1.23 bits per heavy atom. The van der Waals surface area contributed by atoms with Crippen molar-refractivity contribution >= 4 is 6.21 Å². The molecule has 0 saturated carbocycles. The van der Waals surface area contributed by atoms with Crippen LogP contribution in [0.15, 0.2) is 120 Å². The molecule has 0 amide bonds. The monoisotopic (exact) mass is 405 g/mol. The Morgan fingerprint density at radius 3 is 1.84 bits per heavy atom. The molecule has 0 bridgehead atoms. The Bertz CT molecular complexity index is 1070. The van der Waals surface area contributed by atoms with Crippen molar-refractivity contribution in [3.63, 3.8) is 0 Å². The van der Waals surface area contributed by atoms with Crippen LogP contribution in [0.4, 0.5) is 0 Å². The van der Waals surface area contributed by atoms with Crippen LogP contribution in [0.1, 0.15) is 41.1 Å². The van der Waals surface area contributed by atoms with Gasteiger partial charge in [-0.3, -0.25) is 4.99 Å². The summed E-state index contributed by atoms with van der Waals surface area (Å²) in [6, 6.07) is 39.5. The second-order valence-electron chi connectivity index (χ2n) is 7.68. The number of rotatable bonds is 8. The lowest BCUT2D eigenvalue weighted by molar-refractivity contribution is 0.306. The fraction of sp³-hybridized carbons (Fsp3) is 0.138. The molecule has 2 nitrogen and oxygen atoms in total. The second-order valence-corrected chi connectivity index (χ2v) is 7.68. The third-order valence-corrected chi connectivity index (χ3v) is 5.45. The zero-order valence-electron chi connectivity index (χ0n) is 17.8. The molecule has 2 unspecified atom stereocenters. The minimum atomic E-state index is 0.0533. The molecule has 4 aromatic rings. The predicted molar refractivity (Wildman–Crippen MR) is 129 cm³/mol. The van der Waals surface area contributed by atoms with Gasteiger partial charge in [-0.15, -0.1) is 0 Å². The quantitative estimate of drug-likeness (QED) is 0.283. The average Bonchev–Trinajstić information content (AvgIpc) is 2.85. The van der Waals surface area contributed by atoms with Gasteiger partial charge < -0.3 is 4.74 Å². The minimum Gasteiger partial charge on any atom is -0.489 e. The number of ether oxygens (including phenoxy) is 1. The highest BCUT2D eigenvalue weighted by Crippen LogP contribution is 2.33. The van der Waals surface area contributed by atoms with Crippen molar-refractivity contribution in [3.05, 3.63) is 138 Å². The van der Waals surface area contributed by atoms with Gasteiger partial charge in [0, 0.05) is 12.1 Å². The Balaban J connectivity index is 1.48. The fourth-order valence-corrected chi connectivity index (χ4v) is 3.65. The van der Waals surface area contributed by atoms with E-state index >= 15 is 0 Å². The number of benzene rings is 4. The third kappa shape index (κ3) is 5.70. The van der Waals surface area contributed by atoms with E-state index < -0.39 is 0 Å². The van der Waals surface area contributed by atoms with E-state index in [-0.39, 0.29) is 12.0 Å². The van der Waals surface area contributed by atoms with E-state index in [2.05, 4.69) is 85.8 Å².